The molecule has 30 heavy (non-hydrogen) atoms. The van der Waals surface area contributed by atoms with Gasteiger partial charge in [-0.25, -0.2) is 13.6 Å². The SMILES string of the molecule is NS(=O)(=O)c1ccc(-c2ccc(C=c3sc4nc(-c5ccco5)nn4c3=O)o2)cc1. The molecule has 0 saturated heterocycles. The van der Waals surface area contributed by atoms with Crippen LogP contribution in [0.5, 0.6) is 0 Å². The molecule has 0 aliphatic carbocycles. The molecule has 0 aliphatic rings. The van der Waals surface area contributed by atoms with E-state index in [9.17, 15) is 13.2 Å². The van der Waals surface area contributed by atoms with Crippen LogP contribution in [0.1, 0.15) is 5.76 Å². The van der Waals surface area contributed by atoms with Crippen molar-refractivity contribution < 1.29 is 17.3 Å². The van der Waals surface area contributed by atoms with Gasteiger partial charge in [0.15, 0.2) is 5.76 Å². The Morgan fingerprint density at radius 3 is 2.53 bits per heavy atom. The van der Waals surface area contributed by atoms with E-state index in [0.717, 1.165) is 0 Å². The summed E-state index contributed by atoms with van der Waals surface area (Å²) in [6, 6.07) is 12.9. The minimum absolute atomic E-state index is 0.0175. The predicted octanol–water partition coefficient (Wildman–Crippen LogP) is 1.87. The van der Waals surface area contributed by atoms with E-state index in [0.29, 0.717) is 38.2 Å². The Hall–Kier alpha value is -3.54. The van der Waals surface area contributed by atoms with Gasteiger partial charge in [-0.2, -0.15) is 9.50 Å². The van der Waals surface area contributed by atoms with E-state index in [-0.39, 0.29) is 10.5 Å². The van der Waals surface area contributed by atoms with Crippen molar-refractivity contribution >= 4 is 32.4 Å². The van der Waals surface area contributed by atoms with Gasteiger partial charge in [-0.15, -0.1) is 5.10 Å². The average molecular weight is 440 g/mol. The van der Waals surface area contributed by atoms with E-state index in [2.05, 4.69) is 10.1 Å². The van der Waals surface area contributed by atoms with Crippen LogP contribution in [0.2, 0.25) is 0 Å². The van der Waals surface area contributed by atoms with Crippen LogP contribution in [0.3, 0.4) is 0 Å². The van der Waals surface area contributed by atoms with Crippen molar-refractivity contribution in [1.29, 1.82) is 0 Å². The standard InChI is InChI=1S/C19H12N4O5S2/c20-30(25,26)13-6-3-11(4-7-13)14-8-5-12(28-14)10-16-18(24)23-19(29-16)21-17(22-23)15-2-1-9-27-15/h1-10H,(H2,20,25,26). The molecule has 9 nitrogen and oxygen atoms in total. The Morgan fingerprint density at radius 1 is 1.07 bits per heavy atom. The lowest BCUT2D eigenvalue weighted by atomic mass is 10.2. The maximum absolute atomic E-state index is 12.6. The van der Waals surface area contributed by atoms with Crippen LogP contribution in [0.4, 0.5) is 0 Å². The molecule has 1 aromatic carbocycles. The van der Waals surface area contributed by atoms with Crippen LogP contribution < -0.4 is 15.2 Å². The van der Waals surface area contributed by atoms with Gasteiger partial charge in [-0.3, -0.25) is 4.79 Å². The molecule has 0 aliphatic heterocycles. The maximum Gasteiger partial charge on any atom is 0.291 e. The second-order valence-corrected chi connectivity index (χ2v) is 8.86. The number of hydrogen-bond donors (Lipinski definition) is 1. The van der Waals surface area contributed by atoms with Gasteiger partial charge < -0.3 is 8.83 Å². The Labute approximate surface area is 172 Å². The molecule has 0 fully saturated rings. The molecule has 0 saturated carbocycles. The normalized spacial score (nSPS) is 12.8. The minimum atomic E-state index is -3.76. The smallest absolute Gasteiger partial charge is 0.291 e. The molecule has 0 unspecified atom stereocenters. The molecular weight excluding hydrogens is 428 g/mol. The summed E-state index contributed by atoms with van der Waals surface area (Å²) in [5, 5.41) is 9.31. The van der Waals surface area contributed by atoms with Crippen molar-refractivity contribution in [2.45, 2.75) is 4.90 Å². The lowest BCUT2D eigenvalue weighted by Crippen LogP contribution is -2.23. The predicted molar refractivity (Wildman–Crippen MR) is 109 cm³/mol. The van der Waals surface area contributed by atoms with Gasteiger partial charge in [-0.05, 0) is 48.5 Å². The highest BCUT2D eigenvalue weighted by Crippen LogP contribution is 2.24. The van der Waals surface area contributed by atoms with Crippen molar-refractivity contribution in [3.8, 4) is 22.9 Å². The van der Waals surface area contributed by atoms with Crippen molar-refractivity contribution in [2.75, 3.05) is 0 Å². The largest absolute Gasteiger partial charge is 0.461 e. The summed E-state index contributed by atoms with van der Waals surface area (Å²) in [4.78, 5) is 17.4. The number of aromatic nitrogens is 3. The molecule has 0 amide bonds. The molecule has 0 spiro atoms. The number of sulfonamides is 1. The van der Waals surface area contributed by atoms with E-state index in [4.69, 9.17) is 14.0 Å². The maximum atomic E-state index is 12.6. The minimum Gasteiger partial charge on any atom is -0.461 e. The van der Waals surface area contributed by atoms with Crippen LogP contribution >= 0.6 is 11.3 Å². The lowest BCUT2D eigenvalue weighted by molar-refractivity contribution is 0.571. The zero-order chi connectivity index (χ0) is 20.9. The number of furan rings is 2. The summed E-state index contributed by atoms with van der Waals surface area (Å²) >= 11 is 1.19. The molecule has 5 rings (SSSR count). The molecule has 4 aromatic heterocycles. The Kier molecular flexibility index (Phi) is 4.17. The number of rotatable bonds is 4. The Bertz CT molecular complexity index is 1580. The second kappa shape index (κ2) is 6.76. The molecule has 5 aromatic rings. The number of nitrogens with zero attached hydrogens (tertiary/aromatic N) is 3. The zero-order valence-corrected chi connectivity index (χ0v) is 16.7. The molecular formula is C19H12N4O5S2. The van der Waals surface area contributed by atoms with Crippen molar-refractivity contribution in [1.82, 2.24) is 14.6 Å². The summed E-state index contributed by atoms with van der Waals surface area (Å²) in [6.07, 6.45) is 3.12. The Balaban J connectivity index is 1.48. The quantitative estimate of drug-likeness (QED) is 0.451. The first-order valence-electron chi connectivity index (χ1n) is 8.57. The van der Waals surface area contributed by atoms with Crippen molar-refractivity contribution in [2.24, 2.45) is 5.14 Å². The molecule has 150 valence electrons. The van der Waals surface area contributed by atoms with Crippen LogP contribution in [-0.4, -0.2) is 23.0 Å². The highest BCUT2D eigenvalue weighted by atomic mass is 32.2. The van der Waals surface area contributed by atoms with Gasteiger partial charge in [0.2, 0.25) is 20.8 Å². The van der Waals surface area contributed by atoms with Crippen LogP contribution in [0.15, 0.2) is 73.3 Å². The summed E-state index contributed by atoms with van der Waals surface area (Å²) in [7, 11) is -3.76. The fraction of sp³-hybridized carbons (Fsp3) is 0. The van der Waals surface area contributed by atoms with Gasteiger partial charge >= 0.3 is 0 Å². The van der Waals surface area contributed by atoms with E-state index >= 15 is 0 Å². The number of fused-ring (bicyclic) bond motifs is 1. The second-order valence-electron chi connectivity index (χ2n) is 6.29. The first-order chi connectivity index (χ1) is 14.4. The first-order valence-corrected chi connectivity index (χ1v) is 10.9. The lowest BCUT2D eigenvalue weighted by Gasteiger charge is -2.00. The first kappa shape index (κ1) is 18.5. The van der Waals surface area contributed by atoms with Crippen LogP contribution in [-0.2, 0) is 10.0 Å². The summed E-state index contributed by atoms with van der Waals surface area (Å²) in [5.74, 6) is 1.82. The highest BCUT2D eigenvalue weighted by molar-refractivity contribution is 7.89. The van der Waals surface area contributed by atoms with Crippen LogP contribution in [0, 0.1) is 0 Å². The van der Waals surface area contributed by atoms with Gasteiger partial charge in [0.1, 0.15) is 16.1 Å². The summed E-state index contributed by atoms with van der Waals surface area (Å²) < 4.78 is 35.4. The highest BCUT2D eigenvalue weighted by Gasteiger charge is 2.14. The molecule has 4 heterocycles. The fourth-order valence-corrected chi connectivity index (χ4v) is 4.27. The van der Waals surface area contributed by atoms with Crippen molar-refractivity contribution in [3.05, 3.63) is 75.4 Å². The number of nitrogens with two attached hydrogens (primary N) is 1. The number of primary sulfonamides is 1. The van der Waals surface area contributed by atoms with E-state index in [1.54, 1.807) is 42.5 Å². The van der Waals surface area contributed by atoms with E-state index in [1.165, 1.54) is 34.2 Å². The third kappa shape index (κ3) is 3.24. The molecule has 0 radical (unpaired) electrons. The molecule has 0 atom stereocenters. The average Bonchev–Trinajstić information content (AvgIpc) is 3.48. The monoisotopic (exact) mass is 440 g/mol. The third-order valence-electron chi connectivity index (χ3n) is 4.29. The summed E-state index contributed by atoms with van der Waals surface area (Å²) in [5.41, 5.74) is 0.367. The number of thiazole rings is 1. The third-order valence-corrected chi connectivity index (χ3v) is 6.18. The molecule has 11 heteroatoms. The fourth-order valence-electron chi connectivity index (χ4n) is 2.87. The summed E-state index contributed by atoms with van der Waals surface area (Å²) in [6.45, 7) is 0. The number of hydrogen-bond acceptors (Lipinski definition) is 8. The zero-order valence-electron chi connectivity index (χ0n) is 15.1. The van der Waals surface area contributed by atoms with E-state index in [1.807, 2.05) is 0 Å². The van der Waals surface area contributed by atoms with Gasteiger partial charge in [0, 0.05) is 11.6 Å². The topological polar surface area (TPSA) is 134 Å². The molecule has 0 bridgehead atoms. The Morgan fingerprint density at radius 2 is 1.87 bits per heavy atom. The van der Waals surface area contributed by atoms with Gasteiger partial charge in [0.05, 0.1) is 11.2 Å². The number of benzene rings is 1. The van der Waals surface area contributed by atoms with Crippen molar-refractivity contribution in [3.63, 3.8) is 0 Å². The van der Waals surface area contributed by atoms with E-state index < -0.39 is 10.0 Å². The van der Waals surface area contributed by atoms with Gasteiger partial charge in [0.25, 0.3) is 5.56 Å². The van der Waals surface area contributed by atoms with Crippen LogP contribution in [0.25, 0.3) is 33.9 Å². The molecule has 2 N–H and O–H groups in total. The van der Waals surface area contributed by atoms with Gasteiger partial charge in [-0.1, -0.05) is 11.3 Å².